The normalized spacial score (nSPS) is 18.1. The van der Waals surface area contributed by atoms with Crippen molar-refractivity contribution in [2.75, 3.05) is 0 Å². The molecule has 14 heavy (non-hydrogen) atoms. The number of hydrogen-bond donors (Lipinski definition) is 2. The highest BCUT2D eigenvalue weighted by Crippen LogP contribution is 2.07. The van der Waals surface area contributed by atoms with Gasteiger partial charge in [-0.05, 0) is 23.9 Å². The Balaban J connectivity index is 2.28. The molecule has 4 heteroatoms. The number of carbonyl (C=O) groups is 1. The summed E-state index contributed by atoms with van der Waals surface area (Å²) in [6.45, 7) is 0. The van der Waals surface area contributed by atoms with E-state index in [1.165, 1.54) is 0 Å². The molecule has 1 aliphatic rings. The van der Waals surface area contributed by atoms with Crippen molar-refractivity contribution in [1.82, 2.24) is 10.6 Å². The first kappa shape index (κ1) is 8.90. The lowest BCUT2D eigenvalue weighted by atomic mass is 10.2. The SMILES string of the molecule is O=C1NC(=S)N/C1=C/c1ccccc1. The van der Waals surface area contributed by atoms with Gasteiger partial charge in [0.2, 0.25) is 0 Å². The average Bonchev–Trinajstić information content (AvgIpc) is 2.47. The third kappa shape index (κ3) is 1.80. The molecule has 70 valence electrons. The van der Waals surface area contributed by atoms with Crippen molar-refractivity contribution in [3.8, 4) is 0 Å². The number of nitrogens with one attached hydrogen (secondary N) is 2. The molecule has 1 aromatic carbocycles. The number of amides is 1. The maximum absolute atomic E-state index is 11.3. The van der Waals surface area contributed by atoms with E-state index in [0.717, 1.165) is 5.56 Å². The van der Waals surface area contributed by atoms with E-state index in [1.807, 2.05) is 30.3 Å². The summed E-state index contributed by atoms with van der Waals surface area (Å²) in [6.07, 6.45) is 1.76. The molecule has 3 nitrogen and oxygen atoms in total. The van der Waals surface area contributed by atoms with Gasteiger partial charge in [-0.25, -0.2) is 0 Å². The van der Waals surface area contributed by atoms with Crippen LogP contribution >= 0.6 is 12.2 Å². The molecule has 0 aliphatic carbocycles. The maximum Gasteiger partial charge on any atom is 0.273 e. The first-order chi connectivity index (χ1) is 6.75. The van der Waals surface area contributed by atoms with Crippen molar-refractivity contribution in [1.29, 1.82) is 0 Å². The minimum absolute atomic E-state index is 0.182. The monoisotopic (exact) mass is 204 g/mol. The second kappa shape index (κ2) is 3.59. The van der Waals surface area contributed by atoms with Crippen LogP contribution in [0.1, 0.15) is 5.56 Å². The Kier molecular flexibility index (Phi) is 2.28. The van der Waals surface area contributed by atoms with Gasteiger partial charge in [0.25, 0.3) is 5.91 Å². The van der Waals surface area contributed by atoms with Crippen molar-refractivity contribution in [3.05, 3.63) is 41.6 Å². The molecule has 1 heterocycles. The van der Waals surface area contributed by atoms with Crippen LogP contribution in [0.3, 0.4) is 0 Å². The van der Waals surface area contributed by atoms with Crippen LogP contribution in [0.4, 0.5) is 0 Å². The van der Waals surface area contributed by atoms with E-state index in [-0.39, 0.29) is 5.91 Å². The van der Waals surface area contributed by atoms with E-state index >= 15 is 0 Å². The third-order valence-electron chi connectivity index (χ3n) is 1.83. The van der Waals surface area contributed by atoms with Crippen LogP contribution in [0.5, 0.6) is 0 Å². The molecule has 1 fully saturated rings. The molecule has 0 atom stereocenters. The summed E-state index contributed by atoms with van der Waals surface area (Å²) in [7, 11) is 0. The van der Waals surface area contributed by atoms with Gasteiger partial charge in [0.1, 0.15) is 5.70 Å². The summed E-state index contributed by atoms with van der Waals surface area (Å²) in [5.41, 5.74) is 1.45. The predicted molar refractivity (Wildman–Crippen MR) is 58.3 cm³/mol. The van der Waals surface area contributed by atoms with Gasteiger partial charge < -0.3 is 5.32 Å². The quantitative estimate of drug-likeness (QED) is 0.530. The Morgan fingerprint density at radius 1 is 1.14 bits per heavy atom. The van der Waals surface area contributed by atoms with Crippen LogP contribution < -0.4 is 10.6 Å². The van der Waals surface area contributed by atoms with E-state index in [9.17, 15) is 4.79 Å². The average molecular weight is 204 g/mol. The minimum Gasteiger partial charge on any atom is -0.328 e. The molecule has 0 aromatic heterocycles. The van der Waals surface area contributed by atoms with Gasteiger partial charge in [0, 0.05) is 0 Å². The molecule has 0 unspecified atom stereocenters. The molecule has 1 aliphatic heterocycles. The summed E-state index contributed by atoms with van der Waals surface area (Å²) < 4.78 is 0. The lowest BCUT2D eigenvalue weighted by molar-refractivity contribution is -0.115. The fourth-order valence-corrected chi connectivity index (χ4v) is 1.40. The van der Waals surface area contributed by atoms with E-state index in [1.54, 1.807) is 6.08 Å². The van der Waals surface area contributed by atoms with Crippen LogP contribution in [0.25, 0.3) is 6.08 Å². The molecule has 2 rings (SSSR count). The molecule has 2 N–H and O–H groups in total. The summed E-state index contributed by atoms with van der Waals surface area (Å²) >= 11 is 4.81. The largest absolute Gasteiger partial charge is 0.328 e. The van der Waals surface area contributed by atoms with Crippen LogP contribution in [-0.4, -0.2) is 11.0 Å². The standard InChI is InChI=1S/C10H8N2OS/c13-9-8(11-10(14)12-9)6-7-4-2-1-3-5-7/h1-6H,(H2,11,12,13,14)/b8-6+. The van der Waals surface area contributed by atoms with Crippen LogP contribution in [-0.2, 0) is 4.79 Å². The zero-order chi connectivity index (χ0) is 9.97. The number of thiocarbonyl (C=S) groups is 1. The molecule has 1 amide bonds. The highest BCUT2D eigenvalue weighted by Gasteiger charge is 2.19. The summed E-state index contributed by atoms with van der Waals surface area (Å²) in [5, 5.41) is 5.64. The summed E-state index contributed by atoms with van der Waals surface area (Å²) in [5.74, 6) is -0.182. The van der Waals surface area contributed by atoms with E-state index in [0.29, 0.717) is 10.8 Å². The molecule has 1 saturated heterocycles. The fourth-order valence-electron chi connectivity index (χ4n) is 1.20. The molecular formula is C10H8N2OS. The van der Waals surface area contributed by atoms with E-state index < -0.39 is 0 Å². The van der Waals surface area contributed by atoms with Crippen molar-refractivity contribution in [2.45, 2.75) is 0 Å². The summed E-state index contributed by atoms with van der Waals surface area (Å²) in [4.78, 5) is 11.3. The molecule has 0 radical (unpaired) electrons. The van der Waals surface area contributed by atoms with Crippen molar-refractivity contribution in [3.63, 3.8) is 0 Å². The van der Waals surface area contributed by atoms with E-state index in [2.05, 4.69) is 10.6 Å². The molecule has 0 bridgehead atoms. The van der Waals surface area contributed by atoms with Crippen LogP contribution in [0.15, 0.2) is 36.0 Å². The zero-order valence-corrected chi connectivity index (χ0v) is 8.10. The Morgan fingerprint density at radius 3 is 2.43 bits per heavy atom. The molecule has 0 spiro atoms. The third-order valence-corrected chi connectivity index (χ3v) is 2.03. The predicted octanol–water partition coefficient (Wildman–Crippen LogP) is 1.03. The topological polar surface area (TPSA) is 41.1 Å². The van der Waals surface area contributed by atoms with Gasteiger partial charge in [-0.15, -0.1) is 0 Å². The van der Waals surface area contributed by atoms with Gasteiger partial charge in [0.15, 0.2) is 5.11 Å². The van der Waals surface area contributed by atoms with Gasteiger partial charge in [-0.3, -0.25) is 10.1 Å². The minimum atomic E-state index is -0.182. The van der Waals surface area contributed by atoms with Crippen molar-refractivity contribution >= 4 is 29.3 Å². The van der Waals surface area contributed by atoms with Crippen molar-refractivity contribution in [2.24, 2.45) is 0 Å². The van der Waals surface area contributed by atoms with E-state index in [4.69, 9.17) is 12.2 Å². The first-order valence-electron chi connectivity index (χ1n) is 4.15. The van der Waals surface area contributed by atoms with Gasteiger partial charge in [-0.2, -0.15) is 0 Å². The highest BCUT2D eigenvalue weighted by atomic mass is 32.1. The Bertz CT molecular complexity index is 411. The number of benzene rings is 1. The molecule has 1 aromatic rings. The second-order valence-corrected chi connectivity index (χ2v) is 3.29. The molecule has 0 saturated carbocycles. The number of hydrogen-bond acceptors (Lipinski definition) is 2. The maximum atomic E-state index is 11.3. The Morgan fingerprint density at radius 2 is 1.86 bits per heavy atom. The van der Waals surface area contributed by atoms with Crippen LogP contribution in [0.2, 0.25) is 0 Å². The van der Waals surface area contributed by atoms with Crippen molar-refractivity contribution < 1.29 is 4.79 Å². The Hall–Kier alpha value is -1.68. The first-order valence-corrected chi connectivity index (χ1v) is 4.55. The van der Waals surface area contributed by atoms with Gasteiger partial charge in [-0.1, -0.05) is 30.3 Å². The zero-order valence-electron chi connectivity index (χ0n) is 7.28. The lowest BCUT2D eigenvalue weighted by Crippen LogP contribution is -2.21. The van der Waals surface area contributed by atoms with Gasteiger partial charge >= 0.3 is 0 Å². The number of carbonyl (C=O) groups excluding carboxylic acids is 1. The molecular weight excluding hydrogens is 196 g/mol. The number of rotatable bonds is 1. The van der Waals surface area contributed by atoms with Crippen LogP contribution in [0, 0.1) is 0 Å². The fraction of sp³-hybridized carbons (Fsp3) is 0. The Labute approximate surface area is 86.8 Å². The van der Waals surface area contributed by atoms with Gasteiger partial charge in [0.05, 0.1) is 0 Å². The second-order valence-electron chi connectivity index (χ2n) is 2.88. The lowest BCUT2D eigenvalue weighted by Gasteiger charge is -1.94. The summed E-state index contributed by atoms with van der Waals surface area (Å²) in [6, 6.07) is 9.59. The smallest absolute Gasteiger partial charge is 0.273 e. The highest BCUT2D eigenvalue weighted by molar-refractivity contribution is 7.80.